The van der Waals surface area contributed by atoms with E-state index in [1.165, 1.54) is 246 Å². The van der Waals surface area contributed by atoms with E-state index in [1.807, 2.05) is 0 Å². The average Bonchev–Trinajstić information content (AvgIpc) is 1.53. The maximum absolute atomic E-state index is 2.48. The zero-order valence-corrected chi connectivity index (χ0v) is 84.6. The molecule has 3 aliphatic carbocycles. The number of hydrogen-bond acceptors (Lipinski definition) is 3. The molecule has 0 aliphatic heterocycles. The van der Waals surface area contributed by atoms with E-state index >= 15 is 0 Å². The molecule has 0 spiro atoms. The third kappa shape index (κ3) is 14.8. The van der Waals surface area contributed by atoms with Crippen molar-refractivity contribution < 1.29 is 0 Å². The molecule has 0 radical (unpaired) electrons. The molecule has 0 N–H and O–H groups in total. The molecule has 0 atom stereocenters. The summed E-state index contributed by atoms with van der Waals surface area (Å²) in [6.07, 6.45) is 0. The van der Waals surface area contributed by atoms with Gasteiger partial charge in [-0.3, -0.25) is 0 Å². The standard InChI is InChI=1S/3C49H35N/c1-49(2)46-18-10-9-16-43(46)44-28-26-38(31-47(44)49)50(48-30-35-12-4-6-14-40(35)42-15-7-8-17-45(42)48)37-24-21-32(22-25-37)34-23-27-41-36(29-34)20-19-33-11-3-5-13-39(33)41;1-49(2)46-18-10-9-16-42(46)43-28-27-38(31-47(43)49)50(48-30-36-12-4-6-14-40(36)41-15-7-8-17-44(41)48)37-25-23-32(24-26-37)35-22-21-34-20-19-33-11-3-5-13-39(33)45(34)29-35;1-49(2)46-18-10-9-16-43(46)44-26-25-40(31-47(44)49)50(48-30-38-13-5-6-14-41(38)42-15-7-8-17-45(42)48)39-24-23-36-28-35(21-22-37(36)29-39)34-20-19-32-11-3-4-12-33(32)27-34/h3*3-31H,1-2H3. The van der Waals surface area contributed by atoms with Gasteiger partial charge in [-0.05, 0) is 329 Å². The Kier molecular flexibility index (Phi) is 21.0. The van der Waals surface area contributed by atoms with Gasteiger partial charge in [0.25, 0.3) is 0 Å². The smallest absolute Gasteiger partial charge is 0.0546 e. The highest BCUT2D eigenvalue weighted by Gasteiger charge is 2.40. The predicted octanol–water partition coefficient (Wildman–Crippen LogP) is 41.2. The zero-order chi connectivity index (χ0) is 100. The Morgan fingerprint density at radius 1 is 0.120 bits per heavy atom. The lowest BCUT2D eigenvalue weighted by Gasteiger charge is -2.30. The fraction of sp³-hybridized carbons (Fsp3) is 0.0612. The Morgan fingerprint density at radius 2 is 0.340 bits per heavy atom. The van der Waals surface area contributed by atoms with Gasteiger partial charge in [0, 0.05) is 66.5 Å². The van der Waals surface area contributed by atoms with Crippen LogP contribution in [0.2, 0.25) is 0 Å². The van der Waals surface area contributed by atoms with Gasteiger partial charge in [-0.25, -0.2) is 0 Å². The van der Waals surface area contributed by atoms with Crippen molar-refractivity contribution in [1.29, 1.82) is 0 Å². The molecule has 27 aromatic carbocycles. The lowest BCUT2D eigenvalue weighted by molar-refractivity contribution is 0.660. The molecule has 0 saturated heterocycles. The predicted molar refractivity (Wildman–Crippen MR) is 642 cm³/mol. The van der Waals surface area contributed by atoms with Gasteiger partial charge in [0.1, 0.15) is 0 Å². The second kappa shape index (κ2) is 35.4. The monoisotopic (exact) mass is 1910 g/mol. The van der Waals surface area contributed by atoms with E-state index in [0.29, 0.717) is 0 Å². The van der Waals surface area contributed by atoms with E-state index in [4.69, 9.17) is 0 Å². The highest BCUT2D eigenvalue weighted by atomic mass is 15.2. The molecule has 3 nitrogen and oxygen atoms in total. The van der Waals surface area contributed by atoms with Crippen molar-refractivity contribution in [2.45, 2.75) is 57.8 Å². The minimum Gasteiger partial charge on any atom is -0.310 e. The summed E-state index contributed by atoms with van der Waals surface area (Å²) >= 11 is 0. The largest absolute Gasteiger partial charge is 0.310 e. The molecule has 0 bridgehead atoms. The van der Waals surface area contributed by atoms with Crippen LogP contribution in [0, 0.1) is 0 Å². The highest BCUT2D eigenvalue weighted by Crippen LogP contribution is 2.57. The second-order valence-electron chi connectivity index (χ2n) is 42.5. The Labute approximate surface area is 874 Å². The molecule has 3 heteroatoms. The van der Waals surface area contributed by atoms with Crippen LogP contribution in [0.15, 0.2) is 528 Å². The Bertz CT molecular complexity index is 10200. The van der Waals surface area contributed by atoms with Crippen LogP contribution in [0.4, 0.5) is 51.2 Å². The third-order valence-corrected chi connectivity index (χ3v) is 33.0. The van der Waals surface area contributed by atoms with Crippen LogP contribution in [0.25, 0.3) is 196 Å². The van der Waals surface area contributed by atoms with Crippen LogP contribution in [0.1, 0.15) is 74.9 Å². The summed E-state index contributed by atoms with van der Waals surface area (Å²) in [5.74, 6) is 0. The summed E-state index contributed by atoms with van der Waals surface area (Å²) in [7, 11) is 0. The molecule has 0 fully saturated rings. The molecule has 150 heavy (non-hydrogen) atoms. The van der Waals surface area contributed by atoms with Gasteiger partial charge in [-0.1, -0.05) is 454 Å². The summed E-state index contributed by atoms with van der Waals surface area (Å²) in [6, 6.07) is 195. The van der Waals surface area contributed by atoms with Crippen molar-refractivity contribution in [2.24, 2.45) is 0 Å². The molecule has 0 heterocycles. The summed E-state index contributed by atoms with van der Waals surface area (Å²) in [5, 5.41) is 30.2. The van der Waals surface area contributed by atoms with E-state index in [1.54, 1.807) is 0 Å². The summed E-state index contributed by atoms with van der Waals surface area (Å²) in [6.45, 7) is 14.2. The van der Waals surface area contributed by atoms with Crippen LogP contribution < -0.4 is 14.7 Å². The zero-order valence-electron chi connectivity index (χ0n) is 84.6. The minimum absolute atomic E-state index is 0.0929. The Hall–Kier alpha value is -18.5. The molecular formula is C147H105N3. The fourth-order valence-electron chi connectivity index (χ4n) is 25.3. The number of benzene rings is 27. The van der Waals surface area contributed by atoms with Crippen LogP contribution in [0.5, 0.6) is 0 Å². The number of anilines is 9. The number of nitrogens with zero attached hydrogens (tertiary/aromatic N) is 3. The lowest BCUT2D eigenvalue weighted by atomic mass is 9.82. The van der Waals surface area contributed by atoms with Crippen molar-refractivity contribution in [2.75, 3.05) is 14.7 Å². The van der Waals surface area contributed by atoms with E-state index in [0.717, 1.165) is 34.1 Å². The van der Waals surface area contributed by atoms with Crippen molar-refractivity contribution in [3.63, 3.8) is 0 Å². The SMILES string of the molecule is CC1(C)c2ccccc2-c2ccc(N(c3ccc(-c4ccc5c(ccc6ccccc65)c4)cc3)c3cc4ccccc4c4ccccc34)cc21.CC1(C)c2ccccc2-c2ccc(N(c3ccc(-c4ccc5ccc6ccccc6c5c4)cc3)c3cc4ccccc4c4ccccc34)cc21.CC1(C)c2ccccc2-c2ccc(N(c3ccc4cc(-c5ccc6ccccc6c5)ccc4c3)c3cc4ccccc4c4ccccc34)cc21. The highest BCUT2D eigenvalue weighted by molar-refractivity contribution is 6.19. The first-order valence-electron chi connectivity index (χ1n) is 52.5. The van der Waals surface area contributed by atoms with Gasteiger partial charge in [-0.15, -0.1) is 0 Å². The molecule has 708 valence electrons. The first-order valence-corrected chi connectivity index (χ1v) is 52.5. The first-order chi connectivity index (χ1) is 73.6. The summed E-state index contributed by atoms with van der Waals surface area (Å²) in [5.41, 5.74) is 33.8. The van der Waals surface area contributed by atoms with Gasteiger partial charge in [0.05, 0.1) is 17.1 Å². The summed E-state index contributed by atoms with van der Waals surface area (Å²) in [4.78, 5) is 7.40. The third-order valence-electron chi connectivity index (χ3n) is 33.0. The molecule has 30 rings (SSSR count). The Morgan fingerprint density at radius 3 is 0.760 bits per heavy atom. The molecule has 0 amide bonds. The van der Waals surface area contributed by atoms with Crippen LogP contribution >= 0.6 is 0 Å². The molecule has 27 aromatic rings. The van der Waals surface area contributed by atoms with E-state index in [-0.39, 0.29) is 16.2 Å². The molecule has 0 aromatic heterocycles. The van der Waals surface area contributed by atoms with Gasteiger partial charge in [0.2, 0.25) is 0 Å². The molecule has 0 unspecified atom stereocenters. The molecule has 0 saturated carbocycles. The number of hydrogen-bond donors (Lipinski definition) is 0. The van der Waals surface area contributed by atoms with E-state index < -0.39 is 0 Å². The lowest BCUT2D eigenvalue weighted by Crippen LogP contribution is -2.16. The van der Waals surface area contributed by atoms with Crippen molar-refractivity contribution in [3.8, 4) is 66.8 Å². The Balaban J connectivity index is 0.000000108. The normalized spacial score (nSPS) is 13.2. The number of fused-ring (bicyclic) bond motifs is 26. The molecular weight excluding hydrogens is 1810 g/mol. The van der Waals surface area contributed by atoms with Gasteiger partial charge in [-0.2, -0.15) is 0 Å². The van der Waals surface area contributed by atoms with E-state index in [2.05, 4.69) is 584 Å². The van der Waals surface area contributed by atoms with E-state index in [9.17, 15) is 0 Å². The van der Waals surface area contributed by atoms with Crippen molar-refractivity contribution in [1.82, 2.24) is 0 Å². The minimum atomic E-state index is -0.0956. The quantitative estimate of drug-likeness (QED) is 0.113. The van der Waals surface area contributed by atoms with Crippen LogP contribution in [0.3, 0.4) is 0 Å². The maximum Gasteiger partial charge on any atom is 0.0546 e. The van der Waals surface area contributed by atoms with Crippen molar-refractivity contribution >= 4 is 180 Å². The van der Waals surface area contributed by atoms with Gasteiger partial charge >= 0.3 is 0 Å². The van der Waals surface area contributed by atoms with Gasteiger partial charge < -0.3 is 14.7 Å². The van der Waals surface area contributed by atoms with Crippen LogP contribution in [-0.2, 0) is 16.2 Å². The molecule has 3 aliphatic rings. The number of rotatable bonds is 12. The summed E-state index contributed by atoms with van der Waals surface area (Å²) < 4.78 is 0. The second-order valence-corrected chi connectivity index (χ2v) is 42.5. The van der Waals surface area contributed by atoms with Crippen LogP contribution in [-0.4, -0.2) is 0 Å². The topological polar surface area (TPSA) is 9.72 Å². The van der Waals surface area contributed by atoms with Gasteiger partial charge in [0.15, 0.2) is 0 Å². The first kappa shape index (κ1) is 89.1. The average molecular weight is 1910 g/mol. The fourth-order valence-corrected chi connectivity index (χ4v) is 25.3. The van der Waals surface area contributed by atoms with Crippen molar-refractivity contribution in [3.05, 3.63) is 561 Å². The maximum atomic E-state index is 2.48.